The maximum absolute atomic E-state index is 14.7. The number of amides is 2. The standard InChI is InChI=1S/C46H43ClN4O12/c1-22(47)32-20-51(45(57)36-18-28-16-29(14-15-34(28)50-36)48-44(56)35-17-27-10-6-9-13-33(27)49-35)37-19-38(30-11-7-8-12-31(30)40(32)37)62-46-43(61-26(5)55)42(60-25(4)54)41(59-24(3)53)39(63-46)21-58-23(2)52/h6-19,22,32,39,41-43,46,49-50H,20-21H2,1-5H3,(H,48,56). The molecule has 4 aromatic carbocycles. The molecular weight excluding hydrogens is 836 g/mol. The van der Waals surface area contributed by atoms with Crippen molar-refractivity contribution in [3.63, 3.8) is 0 Å². The second kappa shape index (κ2) is 17.5. The van der Waals surface area contributed by atoms with Crippen LogP contribution in [0.2, 0.25) is 0 Å². The van der Waals surface area contributed by atoms with Gasteiger partial charge in [0, 0.05) is 84.5 Å². The molecule has 2 aromatic heterocycles. The number of alkyl halides is 1. The number of halogens is 1. The summed E-state index contributed by atoms with van der Waals surface area (Å²) in [6.07, 6.45) is -7.11. The Kier molecular flexibility index (Phi) is 11.9. The molecule has 17 heteroatoms. The number of ether oxygens (including phenoxy) is 6. The molecule has 3 N–H and O–H groups in total. The molecule has 0 saturated carbocycles. The summed E-state index contributed by atoms with van der Waals surface area (Å²) < 4.78 is 34.9. The summed E-state index contributed by atoms with van der Waals surface area (Å²) in [6.45, 7) is 6.22. The number of rotatable bonds is 11. The van der Waals surface area contributed by atoms with E-state index in [2.05, 4.69) is 15.3 Å². The number of nitrogens with one attached hydrogen (secondary N) is 3. The molecule has 63 heavy (non-hydrogen) atoms. The fourth-order valence-corrected chi connectivity index (χ4v) is 8.49. The van der Waals surface area contributed by atoms with Gasteiger partial charge in [-0.2, -0.15) is 0 Å². The lowest BCUT2D eigenvalue weighted by Gasteiger charge is -2.44. The van der Waals surface area contributed by atoms with Crippen LogP contribution in [0.5, 0.6) is 5.75 Å². The van der Waals surface area contributed by atoms with E-state index in [4.69, 9.17) is 40.0 Å². The van der Waals surface area contributed by atoms with E-state index in [1.807, 2.05) is 49.4 Å². The van der Waals surface area contributed by atoms with Crippen LogP contribution in [-0.4, -0.2) is 94.9 Å². The van der Waals surface area contributed by atoms with Gasteiger partial charge in [-0.1, -0.05) is 42.5 Å². The third-order valence-corrected chi connectivity index (χ3v) is 11.2. The van der Waals surface area contributed by atoms with Crippen molar-refractivity contribution in [1.29, 1.82) is 0 Å². The van der Waals surface area contributed by atoms with Crippen molar-refractivity contribution in [2.75, 3.05) is 23.4 Å². The Morgan fingerprint density at radius 1 is 0.746 bits per heavy atom. The monoisotopic (exact) mass is 878 g/mol. The summed E-state index contributed by atoms with van der Waals surface area (Å²) in [5.41, 5.74) is 4.00. The number of nitrogens with zero attached hydrogens (tertiary/aromatic N) is 1. The average molecular weight is 879 g/mol. The number of aromatic amines is 2. The van der Waals surface area contributed by atoms with Crippen LogP contribution in [0.25, 0.3) is 32.6 Å². The molecule has 0 aliphatic carbocycles. The van der Waals surface area contributed by atoms with Gasteiger partial charge in [0.05, 0.1) is 5.69 Å². The number of carbonyl (C=O) groups is 6. The van der Waals surface area contributed by atoms with Gasteiger partial charge in [-0.05, 0) is 54.3 Å². The number of carbonyl (C=O) groups excluding carboxylic acids is 6. The fourth-order valence-electron chi connectivity index (χ4n) is 8.29. The highest BCUT2D eigenvalue weighted by molar-refractivity contribution is 6.22. The van der Waals surface area contributed by atoms with Crippen molar-refractivity contribution < 1.29 is 57.2 Å². The van der Waals surface area contributed by atoms with Crippen LogP contribution in [0.1, 0.15) is 67.1 Å². The third kappa shape index (κ3) is 8.77. The molecule has 0 bridgehead atoms. The fraction of sp³-hybridized carbons (Fsp3) is 0.304. The summed E-state index contributed by atoms with van der Waals surface area (Å²) in [6, 6.07) is 25.4. The van der Waals surface area contributed by atoms with Crippen LogP contribution >= 0.6 is 11.6 Å². The lowest BCUT2D eigenvalue weighted by molar-refractivity contribution is -0.288. The molecule has 2 aliphatic heterocycles. The SMILES string of the molecule is CC(=O)OCC1OC(Oc2cc3c(c4ccccc24)C(C(C)Cl)CN3C(=O)c2cc3cc(NC(=O)c4cc5ccccc5[nH]4)ccc3[nH]2)C(OC(C)=O)C(OC(C)=O)C1OC(C)=O. The van der Waals surface area contributed by atoms with E-state index in [1.54, 1.807) is 47.4 Å². The molecule has 7 atom stereocenters. The van der Waals surface area contributed by atoms with Crippen molar-refractivity contribution in [3.05, 3.63) is 102 Å². The zero-order valence-electron chi connectivity index (χ0n) is 34.8. The van der Waals surface area contributed by atoms with E-state index in [9.17, 15) is 28.8 Å². The van der Waals surface area contributed by atoms with Gasteiger partial charge >= 0.3 is 23.9 Å². The highest BCUT2D eigenvalue weighted by Gasteiger charge is 2.53. The molecule has 0 spiro atoms. The molecule has 2 aliphatic rings. The van der Waals surface area contributed by atoms with Crippen molar-refractivity contribution in [3.8, 4) is 5.75 Å². The van der Waals surface area contributed by atoms with E-state index < -0.39 is 66.6 Å². The first-order chi connectivity index (χ1) is 30.1. The first-order valence-corrected chi connectivity index (χ1v) is 20.6. The summed E-state index contributed by atoms with van der Waals surface area (Å²) in [5.74, 6) is -3.82. The predicted octanol–water partition coefficient (Wildman–Crippen LogP) is 6.89. The number of esters is 4. The van der Waals surface area contributed by atoms with E-state index in [1.165, 1.54) is 6.92 Å². The molecule has 6 aromatic rings. The van der Waals surface area contributed by atoms with Crippen molar-refractivity contribution >= 4 is 91.2 Å². The molecule has 1 saturated heterocycles. The maximum atomic E-state index is 14.7. The Morgan fingerprint density at radius 2 is 1.38 bits per heavy atom. The van der Waals surface area contributed by atoms with Gasteiger partial charge in [-0.15, -0.1) is 11.6 Å². The Bertz CT molecular complexity index is 2760. The average Bonchev–Trinajstić information content (AvgIpc) is 3.97. The number of H-pyrrole nitrogens is 2. The second-order valence-electron chi connectivity index (χ2n) is 15.4. The minimum atomic E-state index is -1.53. The molecule has 16 nitrogen and oxygen atoms in total. The molecule has 1 fully saturated rings. The van der Waals surface area contributed by atoms with E-state index >= 15 is 0 Å². The highest BCUT2D eigenvalue weighted by Crippen LogP contribution is 2.48. The van der Waals surface area contributed by atoms with Crippen molar-refractivity contribution in [2.24, 2.45) is 0 Å². The normalized spacial score (nSPS) is 21.1. The first-order valence-electron chi connectivity index (χ1n) is 20.2. The summed E-state index contributed by atoms with van der Waals surface area (Å²) in [4.78, 5) is 85.1. The van der Waals surface area contributed by atoms with Gasteiger partial charge in [0.15, 0.2) is 12.2 Å². The molecule has 2 amide bonds. The zero-order valence-corrected chi connectivity index (χ0v) is 35.5. The minimum absolute atomic E-state index is 0.193. The lowest BCUT2D eigenvalue weighted by Crippen LogP contribution is -2.63. The van der Waals surface area contributed by atoms with Crippen molar-refractivity contribution in [1.82, 2.24) is 9.97 Å². The number of hydrogen-bond donors (Lipinski definition) is 3. The van der Waals surface area contributed by atoms with Crippen LogP contribution in [0, 0.1) is 0 Å². The minimum Gasteiger partial charge on any atom is -0.463 e. The van der Waals surface area contributed by atoms with Crippen LogP contribution in [0.4, 0.5) is 11.4 Å². The Hall–Kier alpha value is -6.91. The van der Waals surface area contributed by atoms with Gasteiger partial charge in [0.2, 0.25) is 12.4 Å². The number of para-hydroxylation sites is 1. The zero-order chi connectivity index (χ0) is 44.7. The lowest BCUT2D eigenvalue weighted by atomic mass is 9.92. The van der Waals surface area contributed by atoms with E-state index in [0.717, 1.165) is 42.6 Å². The van der Waals surface area contributed by atoms with Gasteiger partial charge < -0.3 is 48.6 Å². The predicted molar refractivity (Wildman–Crippen MR) is 231 cm³/mol. The topological polar surface area (TPSA) is 205 Å². The molecule has 8 rings (SSSR count). The summed E-state index contributed by atoms with van der Waals surface area (Å²) in [5, 5.41) is 5.42. The van der Waals surface area contributed by atoms with E-state index in [-0.39, 0.29) is 35.7 Å². The Labute approximate surface area is 365 Å². The van der Waals surface area contributed by atoms with Crippen LogP contribution in [0.15, 0.2) is 84.9 Å². The summed E-state index contributed by atoms with van der Waals surface area (Å²) in [7, 11) is 0. The maximum Gasteiger partial charge on any atom is 0.303 e. The van der Waals surface area contributed by atoms with Crippen molar-refractivity contribution in [2.45, 2.75) is 76.6 Å². The molecule has 4 heterocycles. The van der Waals surface area contributed by atoms with Gasteiger partial charge in [-0.3, -0.25) is 28.8 Å². The highest BCUT2D eigenvalue weighted by atomic mass is 35.5. The Morgan fingerprint density at radius 3 is 2.08 bits per heavy atom. The number of benzene rings is 4. The number of aromatic nitrogens is 2. The largest absolute Gasteiger partial charge is 0.463 e. The molecular formula is C46H43ClN4O12. The van der Waals surface area contributed by atoms with Gasteiger partial charge in [0.25, 0.3) is 11.8 Å². The third-order valence-electron chi connectivity index (χ3n) is 10.9. The van der Waals surface area contributed by atoms with E-state index in [0.29, 0.717) is 33.4 Å². The molecule has 326 valence electrons. The molecule has 0 radical (unpaired) electrons. The van der Waals surface area contributed by atoms with Crippen LogP contribution < -0.4 is 15.0 Å². The first kappa shape index (κ1) is 42.8. The van der Waals surface area contributed by atoms with Crippen LogP contribution in [0.3, 0.4) is 0 Å². The van der Waals surface area contributed by atoms with Crippen LogP contribution in [-0.2, 0) is 42.9 Å². The summed E-state index contributed by atoms with van der Waals surface area (Å²) >= 11 is 6.86. The quantitative estimate of drug-likeness (QED) is 0.0692. The Balaban J connectivity index is 1.14. The molecule has 7 unspecified atom stereocenters. The van der Waals surface area contributed by atoms with Gasteiger partial charge in [0.1, 0.15) is 29.8 Å². The second-order valence-corrected chi connectivity index (χ2v) is 16.1. The number of anilines is 2. The number of hydrogen-bond acceptors (Lipinski definition) is 12. The number of fused-ring (bicyclic) bond motifs is 5. The smallest absolute Gasteiger partial charge is 0.303 e. The van der Waals surface area contributed by atoms with Gasteiger partial charge in [-0.25, -0.2) is 0 Å².